The van der Waals surface area contributed by atoms with Crippen molar-refractivity contribution >= 4 is 11.7 Å². The molecule has 0 fully saturated rings. The van der Waals surface area contributed by atoms with Gasteiger partial charge in [0.2, 0.25) is 0 Å². The van der Waals surface area contributed by atoms with Gasteiger partial charge in [0.25, 0.3) is 0 Å². The molecule has 4 heteroatoms. The van der Waals surface area contributed by atoms with Crippen molar-refractivity contribution in [3.8, 4) is 5.75 Å². The molecular formula is C15H19NO3. The lowest BCUT2D eigenvalue weighted by molar-refractivity contribution is -0.137. The molecular weight excluding hydrogens is 242 g/mol. The lowest BCUT2D eigenvalue weighted by Crippen LogP contribution is -2.28. The van der Waals surface area contributed by atoms with Gasteiger partial charge in [-0.05, 0) is 30.4 Å². The molecule has 0 aliphatic carbocycles. The topological polar surface area (TPSA) is 49.8 Å². The van der Waals surface area contributed by atoms with Gasteiger partial charge in [0, 0.05) is 20.0 Å². The summed E-state index contributed by atoms with van der Waals surface area (Å²) in [5, 5.41) is 9.05. The van der Waals surface area contributed by atoms with E-state index in [1.54, 1.807) is 0 Å². The fraction of sp³-hybridized carbons (Fsp3) is 0.533. The van der Waals surface area contributed by atoms with Crippen LogP contribution in [0.15, 0.2) is 12.1 Å². The molecule has 2 atom stereocenters. The number of hydrogen-bond donors (Lipinski definition) is 1. The molecule has 1 aromatic rings. The Bertz CT molecular complexity index is 526. The highest BCUT2D eigenvalue weighted by Gasteiger charge is 2.32. The highest BCUT2D eigenvalue weighted by atomic mass is 16.5. The molecule has 2 unspecified atom stereocenters. The van der Waals surface area contributed by atoms with Crippen molar-refractivity contribution in [2.24, 2.45) is 0 Å². The van der Waals surface area contributed by atoms with Crippen LogP contribution in [0.3, 0.4) is 0 Å². The number of ether oxygens (including phenoxy) is 1. The van der Waals surface area contributed by atoms with Crippen LogP contribution in [0.2, 0.25) is 0 Å². The maximum absolute atomic E-state index is 11.0. The van der Waals surface area contributed by atoms with Crippen molar-refractivity contribution in [3.05, 3.63) is 23.3 Å². The SMILES string of the molecule is CC1Cc2ccc3c(c2O1)N(C)CCC3CC(=O)O. The number of anilines is 1. The van der Waals surface area contributed by atoms with Crippen molar-refractivity contribution in [3.63, 3.8) is 0 Å². The average Bonchev–Trinajstić information content (AvgIpc) is 2.72. The summed E-state index contributed by atoms with van der Waals surface area (Å²) in [6, 6.07) is 4.20. The van der Waals surface area contributed by atoms with E-state index in [1.807, 2.05) is 0 Å². The highest BCUT2D eigenvalue weighted by molar-refractivity contribution is 5.73. The van der Waals surface area contributed by atoms with E-state index in [4.69, 9.17) is 9.84 Å². The summed E-state index contributed by atoms with van der Waals surface area (Å²) in [4.78, 5) is 13.2. The normalized spacial score (nSPS) is 24.6. The second-order valence-corrected chi connectivity index (χ2v) is 5.63. The number of aliphatic carboxylic acids is 1. The smallest absolute Gasteiger partial charge is 0.303 e. The van der Waals surface area contributed by atoms with Gasteiger partial charge in [0.05, 0.1) is 12.1 Å². The second kappa shape index (κ2) is 4.44. The first-order valence-corrected chi connectivity index (χ1v) is 6.81. The second-order valence-electron chi connectivity index (χ2n) is 5.63. The molecule has 3 rings (SSSR count). The van der Waals surface area contributed by atoms with Crippen LogP contribution in [0, 0.1) is 0 Å². The van der Waals surface area contributed by atoms with Crippen LogP contribution in [0.25, 0.3) is 0 Å². The predicted octanol–water partition coefficient (Wildman–Crippen LogP) is 2.41. The van der Waals surface area contributed by atoms with Gasteiger partial charge in [-0.25, -0.2) is 0 Å². The van der Waals surface area contributed by atoms with E-state index in [0.29, 0.717) is 0 Å². The van der Waals surface area contributed by atoms with Crippen molar-refractivity contribution in [2.75, 3.05) is 18.5 Å². The molecule has 1 aromatic carbocycles. The van der Waals surface area contributed by atoms with Gasteiger partial charge < -0.3 is 14.7 Å². The molecule has 0 amide bonds. The summed E-state index contributed by atoms with van der Waals surface area (Å²) in [5.41, 5.74) is 3.48. The van der Waals surface area contributed by atoms with Crippen LogP contribution in [0.5, 0.6) is 5.75 Å². The highest BCUT2D eigenvalue weighted by Crippen LogP contribution is 2.46. The zero-order chi connectivity index (χ0) is 13.6. The minimum absolute atomic E-state index is 0.105. The van der Waals surface area contributed by atoms with Gasteiger partial charge in [0.1, 0.15) is 11.9 Å². The molecule has 4 nitrogen and oxygen atoms in total. The summed E-state index contributed by atoms with van der Waals surface area (Å²) in [6.07, 6.45) is 2.26. The van der Waals surface area contributed by atoms with Crippen LogP contribution < -0.4 is 9.64 Å². The molecule has 0 saturated heterocycles. The molecule has 0 aromatic heterocycles. The first-order chi connectivity index (χ1) is 9.06. The number of nitrogens with zero attached hydrogens (tertiary/aromatic N) is 1. The van der Waals surface area contributed by atoms with Crippen molar-refractivity contribution in [2.45, 2.75) is 38.2 Å². The van der Waals surface area contributed by atoms with E-state index < -0.39 is 5.97 Å². The molecule has 2 aliphatic rings. The van der Waals surface area contributed by atoms with Crippen LogP contribution in [0.1, 0.15) is 36.8 Å². The Balaban J connectivity index is 2.05. The van der Waals surface area contributed by atoms with E-state index in [0.717, 1.165) is 36.4 Å². The molecule has 2 aliphatic heterocycles. The summed E-state index contributed by atoms with van der Waals surface area (Å²) in [6.45, 7) is 2.96. The predicted molar refractivity (Wildman–Crippen MR) is 73.1 cm³/mol. The van der Waals surface area contributed by atoms with E-state index in [9.17, 15) is 4.79 Å². The van der Waals surface area contributed by atoms with Gasteiger partial charge >= 0.3 is 5.97 Å². The molecule has 19 heavy (non-hydrogen) atoms. The Kier molecular flexibility index (Phi) is 2.88. The fourth-order valence-corrected chi connectivity index (χ4v) is 3.24. The van der Waals surface area contributed by atoms with Crippen LogP contribution in [0.4, 0.5) is 5.69 Å². The molecule has 2 heterocycles. The molecule has 0 bridgehead atoms. The third kappa shape index (κ3) is 2.05. The fourth-order valence-electron chi connectivity index (χ4n) is 3.24. The van der Waals surface area contributed by atoms with Crippen molar-refractivity contribution in [1.82, 2.24) is 0 Å². The van der Waals surface area contributed by atoms with Crippen molar-refractivity contribution in [1.29, 1.82) is 0 Å². The number of fused-ring (bicyclic) bond motifs is 3. The number of carbonyl (C=O) groups is 1. The van der Waals surface area contributed by atoms with Crippen LogP contribution >= 0.6 is 0 Å². The van der Waals surface area contributed by atoms with Gasteiger partial charge in [-0.15, -0.1) is 0 Å². The number of carboxylic acids is 1. The monoisotopic (exact) mass is 261 g/mol. The third-order valence-electron chi connectivity index (χ3n) is 4.13. The summed E-state index contributed by atoms with van der Waals surface area (Å²) in [7, 11) is 2.06. The Labute approximate surface area is 113 Å². The van der Waals surface area contributed by atoms with Gasteiger partial charge in [-0.2, -0.15) is 0 Å². The first kappa shape index (κ1) is 12.3. The zero-order valence-corrected chi connectivity index (χ0v) is 11.3. The van der Waals surface area contributed by atoms with Gasteiger partial charge in [0.15, 0.2) is 0 Å². The third-order valence-corrected chi connectivity index (χ3v) is 4.13. The van der Waals surface area contributed by atoms with E-state index >= 15 is 0 Å². The minimum Gasteiger partial charge on any atom is -0.488 e. The number of benzene rings is 1. The van der Waals surface area contributed by atoms with Gasteiger partial charge in [-0.3, -0.25) is 4.79 Å². The lowest BCUT2D eigenvalue weighted by atomic mass is 9.86. The average molecular weight is 261 g/mol. The first-order valence-electron chi connectivity index (χ1n) is 6.81. The van der Waals surface area contributed by atoms with E-state index in [1.165, 1.54) is 5.56 Å². The minimum atomic E-state index is -0.727. The molecule has 0 saturated carbocycles. The number of hydrogen-bond acceptors (Lipinski definition) is 3. The van der Waals surface area contributed by atoms with Crippen LogP contribution in [-0.2, 0) is 11.2 Å². The van der Waals surface area contributed by atoms with Crippen molar-refractivity contribution < 1.29 is 14.6 Å². The molecule has 0 spiro atoms. The van der Waals surface area contributed by atoms with E-state index in [2.05, 4.69) is 31.0 Å². The van der Waals surface area contributed by atoms with Gasteiger partial charge in [-0.1, -0.05) is 12.1 Å². The molecule has 0 radical (unpaired) electrons. The maximum atomic E-state index is 11.0. The Morgan fingerprint density at radius 3 is 3.05 bits per heavy atom. The zero-order valence-electron chi connectivity index (χ0n) is 11.3. The lowest BCUT2D eigenvalue weighted by Gasteiger charge is -2.33. The standard InChI is InChI=1S/C15H19NO3/c1-9-7-11-3-4-12-10(8-13(17)18)5-6-16(2)14(12)15(11)19-9/h3-4,9-10H,5-8H2,1-2H3,(H,17,18). The molecule has 102 valence electrons. The maximum Gasteiger partial charge on any atom is 0.303 e. The van der Waals surface area contributed by atoms with E-state index in [-0.39, 0.29) is 18.4 Å². The largest absolute Gasteiger partial charge is 0.488 e. The number of carboxylic acid groups (broad SMARTS) is 1. The Morgan fingerprint density at radius 1 is 1.53 bits per heavy atom. The quantitative estimate of drug-likeness (QED) is 0.888. The summed E-state index contributed by atoms with van der Waals surface area (Å²) >= 11 is 0. The van der Waals surface area contributed by atoms with Crippen LogP contribution in [-0.4, -0.2) is 30.8 Å². The molecule has 1 N–H and O–H groups in total. The number of rotatable bonds is 2. The summed E-state index contributed by atoms with van der Waals surface area (Å²) < 4.78 is 5.94. The Hall–Kier alpha value is -1.71. The Morgan fingerprint density at radius 2 is 2.32 bits per heavy atom. The summed E-state index contributed by atoms with van der Waals surface area (Å²) in [5.74, 6) is 0.353.